The number of rotatable bonds is 4. The number of hydrogen-bond donors (Lipinski definition) is 1. The third-order valence-electron chi connectivity index (χ3n) is 3.95. The SMILES string of the molecule is CNC1CCC(N(C)Cc2ccnc(Cl)c2)CC1. The molecule has 1 aliphatic carbocycles. The summed E-state index contributed by atoms with van der Waals surface area (Å²) < 4.78 is 0. The van der Waals surface area contributed by atoms with Crippen LogP contribution in [0.1, 0.15) is 31.2 Å². The van der Waals surface area contributed by atoms with Crippen molar-refractivity contribution in [1.82, 2.24) is 15.2 Å². The number of hydrogen-bond acceptors (Lipinski definition) is 3. The molecule has 0 spiro atoms. The van der Waals surface area contributed by atoms with Crippen LogP contribution in [0.5, 0.6) is 0 Å². The van der Waals surface area contributed by atoms with Gasteiger partial charge in [0.05, 0.1) is 0 Å². The van der Waals surface area contributed by atoms with Gasteiger partial charge in [0.15, 0.2) is 0 Å². The fourth-order valence-electron chi connectivity index (χ4n) is 2.76. The first-order valence-corrected chi connectivity index (χ1v) is 7.04. The Hall–Kier alpha value is -0.640. The zero-order valence-electron chi connectivity index (χ0n) is 11.2. The highest BCUT2D eigenvalue weighted by Gasteiger charge is 2.22. The van der Waals surface area contributed by atoms with Gasteiger partial charge in [-0.15, -0.1) is 0 Å². The fourth-order valence-corrected chi connectivity index (χ4v) is 2.96. The average molecular weight is 268 g/mol. The second-order valence-corrected chi connectivity index (χ2v) is 5.58. The van der Waals surface area contributed by atoms with E-state index in [9.17, 15) is 0 Å². The molecule has 0 amide bonds. The first-order chi connectivity index (χ1) is 8.69. The second kappa shape index (κ2) is 6.50. The molecule has 1 fully saturated rings. The first kappa shape index (κ1) is 13.8. The van der Waals surface area contributed by atoms with Crippen LogP contribution in [0.25, 0.3) is 0 Å². The van der Waals surface area contributed by atoms with Crippen molar-refractivity contribution in [2.24, 2.45) is 0 Å². The Balaban J connectivity index is 1.87. The van der Waals surface area contributed by atoms with E-state index in [2.05, 4.69) is 29.3 Å². The van der Waals surface area contributed by atoms with Crippen molar-refractivity contribution in [2.75, 3.05) is 14.1 Å². The molecule has 1 heterocycles. The summed E-state index contributed by atoms with van der Waals surface area (Å²) in [5.41, 5.74) is 1.24. The normalized spacial score (nSPS) is 24.4. The van der Waals surface area contributed by atoms with Gasteiger partial charge in [-0.05, 0) is 57.5 Å². The van der Waals surface area contributed by atoms with Crippen LogP contribution in [0.15, 0.2) is 18.3 Å². The van der Waals surface area contributed by atoms with Crippen LogP contribution in [-0.2, 0) is 6.54 Å². The summed E-state index contributed by atoms with van der Waals surface area (Å²) in [4.78, 5) is 6.46. The van der Waals surface area contributed by atoms with Crippen LogP contribution in [0, 0.1) is 0 Å². The molecule has 0 unspecified atom stereocenters. The van der Waals surface area contributed by atoms with Crippen molar-refractivity contribution in [3.8, 4) is 0 Å². The van der Waals surface area contributed by atoms with E-state index in [1.54, 1.807) is 6.20 Å². The van der Waals surface area contributed by atoms with Crippen LogP contribution >= 0.6 is 11.6 Å². The predicted octanol–water partition coefficient (Wildman–Crippen LogP) is 2.70. The van der Waals surface area contributed by atoms with Crippen molar-refractivity contribution in [2.45, 2.75) is 44.3 Å². The molecule has 0 bridgehead atoms. The number of nitrogens with one attached hydrogen (secondary N) is 1. The molecule has 3 nitrogen and oxygen atoms in total. The van der Waals surface area contributed by atoms with Gasteiger partial charge in [-0.25, -0.2) is 4.98 Å². The Morgan fingerprint density at radius 1 is 1.39 bits per heavy atom. The Morgan fingerprint density at radius 2 is 2.11 bits per heavy atom. The zero-order valence-corrected chi connectivity index (χ0v) is 12.0. The highest BCUT2D eigenvalue weighted by molar-refractivity contribution is 6.29. The molecule has 18 heavy (non-hydrogen) atoms. The summed E-state index contributed by atoms with van der Waals surface area (Å²) in [6.07, 6.45) is 6.90. The van der Waals surface area contributed by atoms with Gasteiger partial charge in [0.25, 0.3) is 0 Å². The molecule has 0 saturated heterocycles. The molecule has 1 N–H and O–H groups in total. The predicted molar refractivity (Wildman–Crippen MR) is 75.8 cm³/mol. The minimum atomic E-state index is 0.583. The van der Waals surface area contributed by atoms with Gasteiger partial charge >= 0.3 is 0 Å². The van der Waals surface area contributed by atoms with Crippen molar-refractivity contribution in [3.63, 3.8) is 0 Å². The Morgan fingerprint density at radius 3 is 2.72 bits per heavy atom. The molecule has 1 aromatic heterocycles. The summed E-state index contributed by atoms with van der Waals surface area (Å²) in [5, 5.41) is 3.96. The van der Waals surface area contributed by atoms with E-state index in [1.807, 2.05) is 12.1 Å². The maximum absolute atomic E-state index is 5.91. The lowest BCUT2D eigenvalue weighted by molar-refractivity contribution is 0.170. The molecular formula is C14H22ClN3. The van der Waals surface area contributed by atoms with Gasteiger partial charge in [0.1, 0.15) is 5.15 Å². The van der Waals surface area contributed by atoms with Crippen LogP contribution in [0.3, 0.4) is 0 Å². The monoisotopic (exact) mass is 267 g/mol. The van der Waals surface area contributed by atoms with Crippen LogP contribution < -0.4 is 5.32 Å². The minimum absolute atomic E-state index is 0.583. The summed E-state index contributed by atoms with van der Waals surface area (Å²) in [7, 11) is 4.27. The molecule has 0 aromatic carbocycles. The quantitative estimate of drug-likeness (QED) is 0.851. The number of pyridine rings is 1. The maximum atomic E-state index is 5.91. The highest BCUT2D eigenvalue weighted by Crippen LogP contribution is 2.23. The van der Waals surface area contributed by atoms with Gasteiger partial charge in [-0.3, -0.25) is 4.90 Å². The van der Waals surface area contributed by atoms with Gasteiger partial charge in [-0.2, -0.15) is 0 Å². The molecule has 1 aliphatic rings. The lowest BCUT2D eigenvalue weighted by Crippen LogP contribution is -2.39. The topological polar surface area (TPSA) is 28.2 Å². The standard InChI is InChI=1S/C14H22ClN3/c1-16-12-3-5-13(6-4-12)18(2)10-11-7-8-17-14(15)9-11/h7-9,12-13,16H,3-6,10H2,1-2H3. The first-order valence-electron chi connectivity index (χ1n) is 6.67. The zero-order chi connectivity index (χ0) is 13.0. The molecular weight excluding hydrogens is 246 g/mol. The summed E-state index contributed by atoms with van der Waals surface area (Å²) in [6, 6.07) is 5.41. The van der Waals surface area contributed by atoms with Crippen molar-refractivity contribution >= 4 is 11.6 Å². The molecule has 100 valence electrons. The molecule has 0 atom stereocenters. The van der Waals surface area contributed by atoms with E-state index >= 15 is 0 Å². The molecule has 1 aromatic rings. The fraction of sp³-hybridized carbons (Fsp3) is 0.643. The van der Waals surface area contributed by atoms with Crippen LogP contribution in [0.4, 0.5) is 0 Å². The largest absolute Gasteiger partial charge is 0.317 e. The third kappa shape index (κ3) is 3.67. The number of nitrogens with zero attached hydrogens (tertiary/aromatic N) is 2. The lowest BCUT2D eigenvalue weighted by atomic mass is 9.90. The number of aromatic nitrogens is 1. The average Bonchev–Trinajstić information content (AvgIpc) is 2.39. The van der Waals surface area contributed by atoms with Crippen molar-refractivity contribution in [3.05, 3.63) is 29.0 Å². The summed E-state index contributed by atoms with van der Waals surface area (Å²) >= 11 is 5.91. The summed E-state index contributed by atoms with van der Waals surface area (Å²) in [6.45, 7) is 0.955. The Kier molecular flexibility index (Phi) is 4.98. The van der Waals surface area contributed by atoms with Gasteiger partial charge in [-0.1, -0.05) is 11.6 Å². The maximum Gasteiger partial charge on any atom is 0.129 e. The Labute approximate surface area is 115 Å². The second-order valence-electron chi connectivity index (χ2n) is 5.20. The van der Waals surface area contributed by atoms with E-state index in [0.717, 1.165) is 6.54 Å². The van der Waals surface area contributed by atoms with E-state index in [0.29, 0.717) is 17.2 Å². The van der Waals surface area contributed by atoms with Crippen molar-refractivity contribution in [1.29, 1.82) is 0 Å². The highest BCUT2D eigenvalue weighted by atomic mass is 35.5. The molecule has 0 aliphatic heterocycles. The van der Waals surface area contributed by atoms with E-state index in [1.165, 1.54) is 31.2 Å². The smallest absolute Gasteiger partial charge is 0.129 e. The Bertz CT molecular complexity index is 375. The van der Waals surface area contributed by atoms with E-state index in [4.69, 9.17) is 11.6 Å². The van der Waals surface area contributed by atoms with E-state index < -0.39 is 0 Å². The summed E-state index contributed by atoms with van der Waals surface area (Å²) in [5.74, 6) is 0. The molecule has 1 saturated carbocycles. The van der Waals surface area contributed by atoms with Crippen molar-refractivity contribution < 1.29 is 0 Å². The van der Waals surface area contributed by atoms with Gasteiger partial charge in [0.2, 0.25) is 0 Å². The molecule has 2 rings (SSSR count). The van der Waals surface area contributed by atoms with Gasteiger partial charge in [0, 0.05) is 24.8 Å². The molecule has 4 heteroatoms. The lowest BCUT2D eigenvalue weighted by Gasteiger charge is -2.34. The van der Waals surface area contributed by atoms with Gasteiger partial charge < -0.3 is 5.32 Å². The van der Waals surface area contributed by atoms with Crippen LogP contribution in [-0.4, -0.2) is 36.1 Å². The van der Waals surface area contributed by atoms with E-state index in [-0.39, 0.29) is 0 Å². The minimum Gasteiger partial charge on any atom is -0.317 e. The third-order valence-corrected chi connectivity index (χ3v) is 4.16. The number of halogens is 1. The molecule has 0 radical (unpaired) electrons. The van der Waals surface area contributed by atoms with Crippen LogP contribution in [0.2, 0.25) is 5.15 Å².